The van der Waals surface area contributed by atoms with Gasteiger partial charge in [0, 0.05) is 0 Å². The van der Waals surface area contributed by atoms with Gasteiger partial charge in [0.1, 0.15) is 12.4 Å². The molecule has 0 atom stereocenters. The molecule has 0 aliphatic carbocycles. The Bertz CT molecular complexity index is 308. The fraction of sp³-hybridized carbons (Fsp3) is 0.444. The molecule has 1 rings (SSSR count). The van der Waals surface area contributed by atoms with E-state index < -0.39 is 18.7 Å². The summed E-state index contributed by atoms with van der Waals surface area (Å²) in [5.74, 6) is -1.49. The first-order valence-electron chi connectivity index (χ1n) is 4.27. The Morgan fingerprint density at radius 2 is 2.33 bits per heavy atom. The molecule has 0 aliphatic rings. The van der Waals surface area contributed by atoms with Crippen LogP contribution in [-0.4, -0.2) is 18.7 Å². The molecule has 0 radical (unpaired) electrons. The molecule has 0 aromatic carbocycles. The van der Waals surface area contributed by atoms with Gasteiger partial charge >= 0.3 is 12.1 Å². The van der Waals surface area contributed by atoms with E-state index in [2.05, 4.69) is 9.47 Å². The maximum Gasteiger partial charge on any atom is 0.456 e. The molecule has 1 aromatic heterocycles. The predicted octanol–water partition coefficient (Wildman–Crippen LogP) is 1.95. The molecular weight excluding hydrogens is 210 g/mol. The Balaban J connectivity index is 2.45. The molecule has 1 aromatic rings. The van der Waals surface area contributed by atoms with Gasteiger partial charge in [-0.05, 0) is 19.1 Å². The van der Waals surface area contributed by atoms with E-state index in [1.54, 1.807) is 0 Å². The van der Waals surface area contributed by atoms with E-state index >= 15 is 0 Å². The van der Waals surface area contributed by atoms with E-state index in [4.69, 9.17) is 4.42 Å². The summed E-state index contributed by atoms with van der Waals surface area (Å²) in [6, 6.07) is 2.99. The van der Waals surface area contributed by atoms with Crippen molar-refractivity contribution < 1.29 is 27.5 Å². The number of carbonyl (C=O) groups is 1. The van der Waals surface area contributed by atoms with Crippen molar-refractivity contribution in [1.82, 2.24) is 0 Å². The Kier molecular flexibility index (Phi) is 3.79. The molecule has 0 saturated heterocycles. The number of furan rings is 1. The average molecular weight is 220 g/mol. The topological polar surface area (TPSA) is 48.7 Å². The third-order valence-electron chi connectivity index (χ3n) is 1.49. The van der Waals surface area contributed by atoms with Crippen LogP contribution in [0.1, 0.15) is 12.7 Å². The van der Waals surface area contributed by atoms with Crippen molar-refractivity contribution in [2.45, 2.75) is 19.6 Å². The van der Waals surface area contributed by atoms with Crippen molar-refractivity contribution in [3.63, 3.8) is 0 Å². The highest BCUT2D eigenvalue weighted by Gasteiger charge is 2.42. The molecule has 15 heavy (non-hydrogen) atoms. The number of hydrogen-bond acceptors (Lipinski definition) is 4. The molecule has 0 bridgehead atoms. The van der Waals surface area contributed by atoms with Crippen molar-refractivity contribution in [1.29, 1.82) is 0 Å². The molecule has 0 aliphatic heterocycles. The van der Waals surface area contributed by atoms with Crippen molar-refractivity contribution >= 4 is 5.97 Å². The van der Waals surface area contributed by atoms with Crippen LogP contribution in [0, 0.1) is 0 Å². The van der Waals surface area contributed by atoms with Gasteiger partial charge in [-0.2, -0.15) is 8.78 Å². The zero-order valence-corrected chi connectivity index (χ0v) is 8.04. The van der Waals surface area contributed by atoms with Gasteiger partial charge < -0.3 is 13.9 Å². The largest absolute Gasteiger partial charge is 0.467 e. The van der Waals surface area contributed by atoms with Crippen LogP contribution >= 0.6 is 0 Å². The minimum Gasteiger partial charge on any atom is -0.467 e. The lowest BCUT2D eigenvalue weighted by Crippen LogP contribution is -2.33. The summed E-state index contributed by atoms with van der Waals surface area (Å²) in [7, 11) is 0. The number of alkyl halides is 2. The SMILES string of the molecule is CCOC(=O)C(F)(F)OCc1ccco1. The van der Waals surface area contributed by atoms with Crippen LogP contribution in [0.2, 0.25) is 0 Å². The van der Waals surface area contributed by atoms with Gasteiger partial charge in [-0.25, -0.2) is 4.79 Å². The molecule has 84 valence electrons. The monoisotopic (exact) mass is 220 g/mol. The van der Waals surface area contributed by atoms with Crippen LogP contribution < -0.4 is 0 Å². The standard InChI is InChI=1S/C9H10F2O4/c1-2-13-8(12)9(10,11)15-6-7-4-3-5-14-7/h3-5H,2,6H2,1H3. The lowest BCUT2D eigenvalue weighted by Gasteiger charge is -2.13. The first-order valence-corrected chi connectivity index (χ1v) is 4.27. The van der Waals surface area contributed by atoms with Crippen LogP contribution in [0.4, 0.5) is 8.78 Å². The lowest BCUT2D eigenvalue weighted by molar-refractivity contribution is -0.255. The van der Waals surface area contributed by atoms with Crippen LogP contribution in [0.15, 0.2) is 22.8 Å². The second-order valence-electron chi connectivity index (χ2n) is 2.61. The Hall–Kier alpha value is -1.43. The quantitative estimate of drug-likeness (QED) is 0.711. The summed E-state index contributed by atoms with van der Waals surface area (Å²) in [5.41, 5.74) is 0. The summed E-state index contributed by atoms with van der Waals surface area (Å²) in [4.78, 5) is 10.7. The van der Waals surface area contributed by atoms with Crippen molar-refractivity contribution in [3.8, 4) is 0 Å². The third-order valence-corrected chi connectivity index (χ3v) is 1.49. The Morgan fingerprint density at radius 3 is 2.87 bits per heavy atom. The summed E-state index contributed by atoms with van der Waals surface area (Å²) in [6.45, 7) is 0.817. The smallest absolute Gasteiger partial charge is 0.456 e. The number of hydrogen-bond donors (Lipinski definition) is 0. The van der Waals surface area contributed by atoms with Crippen molar-refractivity contribution in [3.05, 3.63) is 24.2 Å². The molecule has 1 heterocycles. The zero-order valence-electron chi connectivity index (χ0n) is 8.04. The second kappa shape index (κ2) is 4.88. The highest BCUT2D eigenvalue weighted by molar-refractivity contribution is 5.75. The molecular formula is C9H10F2O4. The molecule has 0 fully saturated rings. The van der Waals surface area contributed by atoms with Gasteiger partial charge in [-0.3, -0.25) is 0 Å². The summed E-state index contributed by atoms with van der Waals surface area (Å²) >= 11 is 0. The number of esters is 1. The van der Waals surface area contributed by atoms with Crippen LogP contribution in [0.25, 0.3) is 0 Å². The highest BCUT2D eigenvalue weighted by Crippen LogP contribution is 2.19. The normalized spacial score (nSPS) is 11.4. The van der Waals surface area contributed by atoms with Crippen LogP contribution in [0.3, 0.4) is 0 Å². The molecule has 0 saturated carbocycles. The summed E-state index contributed by atoms with van der Waals surface area (Å²) in [6.07, 6.45) is -2.62. The van der Waals surface area contributed by atoms with Gasteiger partial charge in [-0.15, -0.1) is 0 Å². The van der Waals surface area contributed by atoms with E-state index in [1.807, 2.05) is 0 Å². The summed E-state index contributed by atoms with van der Waals surface area (Å²) < 4.78 is 38.7. The minimum absolute atomic E-state index is 0.126. The second-order valence-corrected chi connectivity index (χ2v) is 2.61. The fourth-order valence-electron chi connectivity index (χ4n) is 0.831. The molecule has 0 N–H and O–H groups in total. The van der Waals surface area contributed by atoms with E-state index in [0.717, 1.165) is 0 Å². The summed E-state index contributed by atoms with van der Waals surface area (Å²) in [5, 5.41) is 0. The molecule has 4 nitrogen and oxygen atoms in total. The average Bonchev–Trinajstić information content (AvgIpc) is 2.68. The van der Waals surface area contributed by atoms with Crippen molar-refractivity contribution in [2.75, 3.05) is 6.61 Å². The fourth-order valence-corrected chi connectivity index (χ4v) is 0.831. The number of halogens is 2. The minimum atomic E-state index is -3.94. The van der Waals surface area contributed by atoms with Gasteiger partial charge in [0.25, 0.3) is 0 Å². The Morgan fingerprint density at radius 1 is 1.60 bits per heavy atom. The first-order chi connectivity index (χ1) is 7.06. The molecule has 0 amide bonds. The molecule has 6 heteroatoms. The van der Waals surface area contributed by atoms with E-state index in [1.165, 1.54) is 25.3 Å². The van der Waals surface area contributed by atoms with Crippen molar-refractivity contribution in [2.24, 2.45) is 0 Å². The zero-order chi connectivity index (χ0) is 11.3. The van der Waals surface area contributed by atoms with E-state index in [-0.39, 0.29) is 12.4 Å². The predicted molar refractivity (Wildman–Crippen MR) is 45.1 cm³/mol. The van der Waals surface area contributed by atoms with Gasteiger partial charge in [0.2, 0.25) is 0 Å². The number of rotatable bonds is 5. The van der Waals surface area contributed by atoms with Gasteiger partial charge in [0.05, 0.1) is 12.9 Å². The maximum atomic E-state index is 12.9. The van der Waals surface area contributed by atoms with Gasteiger partial charge in [0.15, 0.2) is 0 Å². The van der Waals surface area contributed by atoms with Crippen LogP contribution in [-0.2, 0) is 20.9 Å². The maximum absolute atomic E-state index is 12.9. The third kappa shape index (κ3) is 3.32. The van der Waals surface area contributed by atoms with E-state index in [0.29, 0.717) is 0 Å². The number of carbonyl (C=O) groups excluding carboxylic acids is 1. The lowest BCUT2D eigenvalue weighted by atomic mass is 10.5. The highest BCUT2D eigenvalue weighted by atomic mass is 19.3. The van der Waals surface area contributed by atoms with E-state index in [9.17, 15) is 13.6 Å². The Labute approximate surface area is 84.8 Å². The van der Waals surface area contributed by atoms with Crippen LogP contribution in [0.5, 0.6) is 0 Å². The van der Waals surface area contributed by atoms with Gasteiger partial charge in [-0.1, -0.05) is 0 Å². The molecule has 0 unspecified atom stereocenters. The number of ether oxygens (including phenoxy) is 2. The first kappa shape index (κ1) is 11.6. The molecule has 0 spiro atoms.